The molecule has 0 saturated carbocycles. The molecule has 0 aliphatic heterocycles. The van der Waals surface area contributed by atoms with E-state index < -0.39 is 6.04 Å². The highest BCUT2D eigenvalue weighted by molar-refractivity contribution is 5.94. The van der Waals surface area contributed by atoms with Gasteiger partial charge in [-0.05, 0) is 31.4 Å². The van der Waals surface area contributed by atoms with E-state index in [1.807, 2.05) is 44.2 Å². The number of benzene rings is 1. The van der Waals surface area contributed by atoms with Crippen LogP contribution in [0.3, 0.4) is 0 Å². The van der Waals surface area contributed by atoms with E-state index in [2.05, 4.69) is 24.3 Å². The normalized spacial score (nSPS) is 11.9. The number of carbonyl (C=O) groups excluding carboxylic acids is 1. The molecule has 1 heterocycles. The van der Waals surface area contributed by atoms with Crippen molar-refractivity contribution in [2.75, 3.05) is 5.32 Å². The maximum atomic E-state index is 12.2. The van der Waals surface area contributed by atoms with Gasteiger partial charge in [-0.3, -0.25) is 4.79 Å². The van der Waals surface area contributed by atoms with Gasteiger partial charge in [-0.2, -0.15) is 5.10 Å². The predicted octanol–water partition coefficient (Wildman–Crippen LogP) is 3.79. The van der Waals surface area contributed by atoms with Gasteiger partial charge in [0.15, 0.2) is 0 Å². The molecule has 6 heteroatoms. The number of nitrogens with zero attached hydrogens (tertiary/aromatic N) is 2. The summed E-state index contributed by atoms with van der Waals surface area (Å²) in [5, 5.41) is 7.55. The molecule has 1 aromatic carbocycles. The molecule has 0 spiro atoms. The Labute approximate surface area is 150 Å². The van der Waals surface area contributed by atoms with E-state index in [-0.39, 0.29) is 24.2 Å². The molecule has 0 saturated heterocycles. The minimum atomic E-state index is -0.496. The summed E-state index contributed by atoms with van der Waals surface area (Å²) < 4.78 is 1.77. The second-order valence-corrected chi connectivity index (χ2v) is 6.24. The SMILES string of the molecule is CCCC(N)C(=O)Nc1cc(C(C)C)nn1-c1ccc(C)cc1.Cl. The molecule has 132 valence electrons. The van der Waals surface area contributed by atoms with Crippen molar-refractivity contribution in [3.63, 3.8) is 0 Å². The van der Waals surface area contributed by atoms with E-state index in [1.165, 1.54) is 5.56 Å². The zero-order chi connectivity index (χ0) is 17.0. The Balaban J connectivity index is 0.00000288. The molecule has 2 aromatic rings. The minimum absolute atomic E-state index is 0. The van der Waals surface area contributed by atoms with Crippen LogP contribution in [-0.2, 0) is 4.79 Å². The smallest absolute Gasteiger partial charge is 0.242 e. The number of halogens is 1. The Morgan fingerprint density at radius 2 is 1.92 bits per heavy atom. The van der Waals surface area contributed by atoms with Crippen LogP contribution in [-0.4, -0.2) is 21.7 Å². The Kier molecular flexibility index (Phi) is 7.45. The third-order valence-corrected chi connectivity index (χ3v) is 3.79. The number of rotatable bonds is 6. The number of aromatic nitrogens is 2. The molecule has 1 atom stereocenters. The summed E-state index contributed by atoms with van der Waals surface area (Å²) >= 11 is 0. The molecule has 0 radical (unpaired) electrons. The van der Waals surface area contributed by atoms with Gasteiger partial charge in [-0.25, -0.2) is 4.68 Å². The summed E-state index contributed by atoms with van der Waals surface area (Å²) in [6.07, 6.45) is 1.55. The first-order chi connectivity index (χ1) is 10.9. The summed E-state index contributed by atoms with van der Waals surface area (Å²) in [4.78, 5) is 12.2. The molecular formula is C18H27ClN4O. The van der Waals surface area contributed by atoms with Gasteiger partial charge in [-0.15, -0.1) is 12.4 Å². The zero-order valence-corrected chi connectivity index (χ0v) is 15.6. The molecule has 0 aliphatic rings. The van der Waals surface area contributed by atoms with Crippen LogP contribution in [0.2, 0.25) is 0 Å². The lowest BCUT2D eigenvalue weighted by Gasteiger charge is -2.12. The number of hydrogen-bond acceptors (Lipinski definition) is 3. The number of nitrogens with one attached hydrogen (secondary N) is 1. The Bertz CT molecular complexity index is 664. The van der Waals surface area contributed by atoms with E-state index in [0.29, 0.717) is 12.2 Å². The van der Waals surface area contributed by atoms with Gasteiger partial charge in [-0.1, -0.05) is 44.9 Å². The van der Waals surface area contributed by atoms with Gasteiger partial charge in [0.2, 0.25) is 5.91 Å². The second kappa shape index (κ2) is 8.85. The fraction of sp³-hybridized carbons (Fsp3) is 0.444. The fourth-order valence-corrected chi connectivity index (χ4v) is 2.31. The molecule has 1 aromatic heterocycles. The van der Waals surface area contributed by atoms with Gasteiger partial charge in [0, 0.05) is 6.07 Å². The Hall–Kier alpha value is -1.85. The molecule has 0 bridgehead atoms. The van der Waals surface area contributed by atoms with Crippen molar-refractivity contribution in [2.45, 2.75) is 52.5 Å². The van der Waals surface area contributed by atoms with Crippen molar-refractivity contribution >= 4 is 24.1 Å². The van der Waals surface area contributed by atoms with Crippen LogP contribution in [0.15, 0.2) is 30.3 Å². The number of hydrogen-bond donors (Lipinski definition) is 2. The second-order valence-electron chi connectivity index (χ2n) is 6.24. The van der Waals surface area contributed by atoms with E-state index in [4.69, 9.17) is 5.73 Å². The molecule has 3 N–H and O–H groups in total. The molecule has 0 fully saturated rings. The van der Waals surface area contributed by atoms with Crippen LogP contribution in [0.1, 0.15) is 50.8 Å². The summed E-state index contributed by atoms with van der Waals surface area (Å²) in [5.41, 5.74) is 8.94. The van der Waals surface area contributed by atoms with Gasteiger partial charge < -0.3 is 11.1 Å². The topological polar surface area (TPSA) is 72.9 Å². The Morgan fingerprint density at radius 1 is 1.29 bits per heavy atom. The third-order valence-electron chi connectivity index (χ3n) is 3.79. The Morgan fingerprint density at radius 3 is 2.46 bits per heavy atom. The van der Waals surface area contributed by atoms with Crippen molar-refractivity contribution in [2.24, 2.45) is 5.73 Å². The first kappa shape index (κ1) is 20.2. The van der Waals surface area contributed by atoms with E-state index in [0.717, 1.165) is 17.8 Å². The predicted molar refractivity (Wildman–Crippen MR) is 101 cm³/mol. The highest BCUT2D eigenvalue weighted by atomic mass is 35.5. The molecule has 2 rings (SSSR count). The van der Waals surface area contributed by atoms with Gasteiger partial charge in [0.05, 0.1) is 17.4 Å². The standard InChI is InChI=1S/C18H26N4O.ClH/c1-5-6-15(19)18(23)20-17-11-16(12(2)3)21-22(17)14-9-7-13(4)8-10-14;/h7-12,15H,5-6,19H2,1-4H3,(H,20,23);1H. The number of aryl methyl sites for hydroxylation is 1. The number of anilines is 1. The van der Waals surface area contributed by atoms with Crippen LogP contribution in [0.5, 0.6) is 0 Å². The summed E-state index contributed by atoms with van der Waals surface area (Å²) in [6.45, 7) is 8.21. The molecule has 1 amide bonds. The van der Waals surface area contributed by atoms with Crippen molar-refractivity contribution in [3.05, 3.63) is 41.6 Å². The van der Waals surface area contributed by atoms with Crippen LogP contribution < -0.4 is 11.1 Å². The molecule has 5 nitrogen and oxygen atoms in total. The van der Waals surface area contributed by atoms with E-state index >= 15 is 0 Å². The third kappa shape index (κ3) is 4.82. The quantitative estimate of drug-likeness (QED) is 0.832. The largest absolute Gasteiger partial charge is 0.320 e. The monoisotopic (exact) mass is 350 g/mol. The van der Waals surface area contributed by atoms with Crippen molar-refractivity contribution in [3.8, 4) is 5.69 Å². The van der Waals surface area contributed by atoms with Gasteiger partial charge in [0.25, 0.3) is 0 Å². The molecule has 1 unspecified atom stereocenters. The molecule has 0 aliphatic carbocycles. The minimum Gasteiger partial charge on any atom is -0.320 e. The summed E-state index contributed by atoms with van der Waals surface area (Å²) in [6, 6.07) is 9.47. The lowest BCUT2D eigenvalue weighted by atomic mass is 10.1. The highest BCUT2D eigenvalue weighted by Crippen LogP contribution is 2.22. The first-order valence-corrected chi connectivity index (χ1v) is 8.15. The van der Waals surface area contributed by atoms with Crippen molar-refractivity contribution in [1.29, 1.82) is 0 Å². The van der Waals surface area contributed by atoms with Crippen LogP contribution in [0, 0.1) is 6.92 Å². The lowest BCUT2D eigenvalue weighted by Crippen LogP contribution is -2.35. The van der Waals surface area contributed by atoms with Crippen LogP contribution in [0.25, 0.3) is 5.69 Å². The fourth-order valence-electron chi connectivity index (χ4n) is 2.31. The molecule has 24 heavy (non-hydrogen) atoms. The van der Waals surface area contributed by atoms with Gasteiger partial charge in [0.1, 0.15) is 5.82 Å². The van der Waals surface area contributed by atoms with Crippen molar-refractivity contribution in [1.82, 2.24) is 9.78 Å². The summed E-state index contributed by atoms with van der Waals surface area (Å²) in [7, 11) is 0. The van der Waals surface area contributed by atoms with Crippen molar-refractivity contribution < 1.29 is 4.79 Å². The maximum Gasteiger partial charge on any atom is 0.242 e. The number of nitrogens with two attached hydrogens (primary N) is 1. The maximum absolute atomic E-state index is 12.2. The average molecular weight is 351 g/mol. The van der Waals surface area contributed by atoms with Crippen LogP contribution in [0.4, 0.5) is 5.82 Å². The first-order valence-electron chi connectivity index (χ1n) is 8.15. The van der Waals surface area contributed by atoms with E-state index in [9.17, 15) is 4.79 Å². The summed E-state index contributed by atoms with van der Waals surface area (Å²) in [5.74, 6) is 0.770. The number of carbonyl (C=O) groups is 1. The van der Waals surface area contributed by atoms with E-state index in [1.54, 1.807) is 4.68 Å². The van der Waals surface area contributed by atoms with Crippen LogP contribution >= 0.6 is 12.4 Å². The highest BCUT2D eigenvalue weighted by Gasteiger charge is 2.17. The molecular weight excluding hydrogens is 324 g/mol. The zero-order valence-electron chi connectivity index (χ0n) is 14.7. The van der Waals surface area contributed by atoms with Gasteiger partial charge >= 0.3 is 0 Å². The lowest BCUT2D eigenvalue weighted by molar-refractivity contribution is -0.117. The average Bonchev–Trinajstić information content (AvgIpc) is 2.92. The number of amides is 1.